The molecular formula is C13H11N3O3. The lowest BCUT2D eigenvalue weighted by molar-refractivity contribution is 0.0696. The van der Waals surface area contributed by atoms with E-state index in [0.717, 1.165) is 0 Å². The summed E-state index contributed by atoms with van der Waals surface area (Å²) >= 11 is 0. The monoisotopic (exact) mass is 257 g/mol. The molecule has 0 radical (unpaired) electrons. The van der Waals surface area contributed by atoms with Gasteiger partial charge in [-0.05, 0) is 30.3 Å². The molecule has 6 heteroatoms. The van der Waals surface area contributed by atoms with Crippen molar-refractivity contribution in [2.24, 2.45) is 5.73 Å². The maximum atomic E-state index is 11.0. The molecule has 2 rings (SSSR count). The summed E-state index contributed by atoms with van der Waals surface area (Å²) in [5, 5.41) is 11.9. The number of carbonyl (C=O) groups excluding carboxylic acids is 1. The van der Waals surface area contributed by atoms with Gasteiger partial charge in [-0.2, -0.15) is 0 Å². The first-order chi connectivity index (χ1) is 9.06. The van der Waals surface area contributed by atoms with Crippen LogP contribution in [-0.4, -0.2) is 22.0 Å². The number of nitrogens with zero attached hydrogens (tertiary/aromatic N) is 1. The average Bonchev–Trinajstić information content (AvgIpc) is 2.39. The van der Waals surface area contributed by atoms with Crippen LogP contribution in [0.2, 0.25) is 0 Å². The Balaban J connectivity index is 2.26. The number of rotatable bonds is 4. The average molecular weight is 257 g/mol. The van der Waals surface area contributed by atoms with Gasteiger partial charge in [0.05, 0.1) is 5.56 Å². The molecule has 6 nitrogen and oxygen atoms in total. The minimum Gasteiger partial charge on any atom is -0.478 e. The van der Waals surface area contributed by atoms with E-state index in [1.807, 2.05) is 0 Å². The molecule has 0 saturated carbocycles. The molecule has 1 aromatic carbocycles. The van der Waals surface area contributed by atoms with E-state index in [1.54, 1.807) is 18.2 Å². The van der Waals surface area contributed by atoms with Crippen molar-refractivity contribution < 1.29 is 14.7 Å². The number of nitrogens with one attached hydrogen (secondary N) is 1. The summed E-state index contributed by atoms with van der Waals surface area (Å²) in [6.07, 6.45) is 1.45. The van der Waals surface area contributed by atoms with Crippen molar-refractivity contribution in [1.82, 2.24) is 4.98 Å². The number of anilines is 2. The van der Waals surface area contributed by atoms with Gasteiger partial charge in [0.1, 0.15) is 5.69 Å². The number of pyridine rings is 1. The van der Waals surface area contributed by atoms with Crippen LogP contribution in [0, 0.1) is 0 Å². The van der Waals surface area contributed by atoms with Gasteiger partial charge in [-0.3, -0.25) is 9.78 Å². The zero-order chi connectivity index (χ0) is 13.8. The SMILES string of the molecule is NC(=O)c1cc(Nc2cccc(C(=O)O)c2)ccn1. The fourth-order valence-corrected chi connectivity index (χ4v) is 1.54. The molecule has 0 aliphatic carbocycles. The predicted molar refractivity (Wildman–Crippen MR) is 69.4 cm³/mol. The van der Waals surface area contributed by atoms with Gasteiger partial charge in [0.25, 0.3) is 5.91 Å². The maximum Gasteiger partial charge on any atom is 0.335 e. The molecule has 19 heavy (non-hydrogen) atoms. The lowest BCUT2D eigenvalue weighted by Gasteiger charge is -2.07. The van der Waals surface area contributed by atoms with E-state index in [9.17, 15) is 9.59 Å². The van der Waals surface area contributed by atoms with Gasteiger partial charge in [-0.15, -0.1) is 0 Å². The second-order valence-electron chi connectivity index (χ2n) is 3.80. The molecule has 0 fully saturated rings. The molecular weight excluding hydrogens is 246 g/mol. The van der Waals surface area contributed by atoms with Crippen molar-refractivity contribution >= 4 is 23.3 Å². The van der Waals surface area contributed by atoms with Crippen LogP contribution in [-0.2, 0) is 0 Å². The van der Waals surface area contributed by atoms with Gasteiger partial charge < -0.3 is 16.2 Å². The zero-order valence-corrected chi connectivity index (χ0v) is 9.83. The molecule has 1 aromatic heterocycles. The quantitative estimate of drug-likeness (QED) is 0.771. The Hall–Kier alpha value is -2.89. The number of hydrogen-bond donors (Lipinski definition) is 3. The van der Waals surface area contributed by atoms with Crippen LogP contribution in [0.25, 0.3) is 0 Å². The number of carboxylic acid groups (broad SMARTS) is 1. The Labute approximate surface area is 108 Å². The summed E-state index contributed by atoms with van der Waals surface area (Å²) in [5.41, 5.74) is 6.65. The fraction of sp³-hybridized carbons (Fsp3) is 0. The van der Waals surface area contributed by atoms with Crippen LogP contribution in [0.5, 0.6) is 0 Å². The number of carbonyl (C=O) groups is 2. The molecule has 0 spiro atoms. The Morgan fingerprint density at radius 1 is 1.16 bits per heavy atom. The van der Waals surface area contributed by atoms with Gasteiger partial charge in [-0.1, -0.05) is 6.07 Å². The van der Waals surface area contributed by atoms with Crippen molar-refractivity contribution in [3.05, 3.63) is 53.9 Å². The first-order valence-electron chi connectivity index (χ1n) is 5.42. The number of primary amides is 1. The van der Waals surface area contributed by atoms with E-state index in [4.69, 9.17) is 10.8 Å². The van der Waals surface area contributed by atoms with E-state index in [0.29, 0.717) is 11.4 Å². The number of aromatic nitrogens is 1. The van der Waals surface area contributed by atoms with Crippen molar-refractivity contribution in [2.75, 3.05) is 5.32 Å². The lowest BCUT2D eigenvalue weighted by Crippen LogP contribution is -2.13. The zero-order valence-electron chi connectivity index (χ0n) is 9.83. The molecule has 1 heterocycles. The largest absolute Gasteiger partial charge is 0.478 e. The second kappa shape index (κ2) is 5.18. The molecule has 96 valence electrons. The Kier molecular flexibility index (Phi) is 3.42. The minimum absolute atomic E-state index is 0.138. The lowest BCUT2D eigenvalue weighted by atomic mass is 10.2. The highest BCUT2D eigenvalue weighted by molar-refractivity contribution is 5.92. The topological polar surface area (TPSA) is 105 Å². The highest BCUT2D eigenvalue weighted by Crippen LogP contribution is 2.18. The minimum atomic E-state index is -1.00. The fourth-order valence-electron chi connectivity index (χ4n) is 1.54. The van der Waals surface area contributed by atoms with Gasteiger partial charge >= 0.3 is 5.97 Å². The van der Waals surface area contributed by atoms with E-state index in [1.165, 1.54) is 24.4 Å². The van der Waals surface area contributed by atoms with Gasteiger partial charge in [0.2, 0.25) is 0 Å². The maximum absolute atomic E-state index is 11.0. The van der Waals surface area contributed by atoms with Gasteiger partial charge in [-0.25, -0.2) is 4.79 Å². The Morgan fingerprint density at radius 2 is 1.89 bits per heavy atom. The standard InChI is InChI=1S/C13H11N3O3/c14-12(17)11-7-10(4-5-15-11)16-9-3-1-2-8(6-9)13(18)19/h1-7H,(H2,14,17)(H,15,16)(H,18,19). The highest BCUT2D eigenvalue weighted by atomic mass is 16.4. The van der Waals surface area contributed by atoms with Crippen LogP contribution >= 0.6 is 0 Å². The van der Waals surface area contributed by atoms with Gasteiger partial charge in [0.15, 0.2) is 0 Å². The first kappa shape index (κ1) is 12.6. The number of nitrogens with two attached hydrogens (primary N) is 1. The van der Waals surface area contributed by atoms with Crippen LogP contribution in [0.3, 0.4) is 0 Å². The summed E-state index contributed by atoms with van der Waals surface area (Å²) in [5.74, 6) is -1.63. The van der Waals surface area contributed by atoms with Crippen molar-refractivity contribution in [3.8, 4) is 0 Å². The van der Waals surface area contributed by atoms with Crippen LogP contribution in [0.4, 0.5) is 11.4 Å². The van der Waals surface area contributed by atoms with Crippen LogP contribution in [0.1, 0.15) is 20.8 Å². The molecule has 0 aliphatic rings. The molecule has 0 unspecified atom stereocenters. The van der Waals surface area contributed by atoms with Crippen LogP contribution in [0.15, 0.2) is 42.6 Å². The molecule has 0 aliphatic heterocycles. The number of carboxylic acids is 1. The number of benzene rings is 1. The number of amides is 1. The molecule has 4 N–H and O–H groups in total. The predicted octanol–water partition coefficient (Wildman–Crippen LogP) is 1.62. The van der Waals surface area contributed by atoms with Crippen molar-refractivity contribution in [3.63, 3.8) is 0 Å². The first-order valence-corrected chi connectivity index (χ1v) is 5.42. The second-order valence-corrected chi connectivity index (χ2v) is 3.80. The van der Waals surface area contributed by atoms with Gasteiger partial charge in [0, 0.05) is 17.6 Å². The normalized spacial score (nSPS) is 9.89. The van der Waals surface area contributed by atoms with E-state index in [-0.39, 0.29) is 11.3 Å². The number of aromatic carboxylic acids is 1. The smallest absolute Gasteiger partial charge is 0.335 e. The third-order valence-corrected chi connectivity index (χ3v) is 2.41. The van der Waals surface area contributed by atoms with E-state index < -0.39 is 11.9 Å². The van der Waals surface area contributed by atoms with Crippen molar-refractivity contribution in [2.45, 2.75) is 0 Å². The van der Waals surface area contributed by atoms with E-state index >= 15 is 0 Å². The summed E-state index contributed by atoms with van der Waals surface area (Å²) in [6.45, 7) is 0. The summed E-state index contributed by atoms with van der Waals surface area (Å²) in [4.78, 5) is 25.7. The van der Waals surface area contributed by atoms with Crippen LogP contribution < -0.4 is 11.1 Å². The third-order valence-electron chi connectivity index (χ3n) is 2.41. The van der Waals surface area contributed by atoms with E-state index in [2.05, 4.69) is 10.3 Å². The molecule has 0 saturated heterocycles. The summed E-state index contributed by atoms with van der Waals surface area (Å²) < 4.78 is 0. The molecule has 2 aromatic rings. The summed E-state index contributed by atoms with van der Waals surface area (Å²) in [6, 6.07) is 9.48. The molecule has 0 atom stereocenters. The van der Waals surface area contributed by atoms with Crippen molar-refractivity contribution in [1.29, 1.82) is 0 Å². The highest BCUT2D eigenvalue weighted by Gasteiger charge is 2.05. The summed E-state index contributed by atoms with van der Waals surface area (Å²) in [7, 11) is 0. The third kappa shape index (κ3) is 3.06. The number of hydrogen-bond acceptors (Lipinski definition) is 4. The Bertz CT molecular complexity index is 585. The molecule has 1 amide bonds. The Morgan fingerprint density at radius 3 is 2.58 bits per heavy atom. The molecule has 0 bridgehead atoms.